The first-order valence-corrected chi connectivity index (χ1v) is 15.9. The van der Waals surface area contributed by atoms with Gasteiger partial charge in [-0.15, -0.1) is 0 Å². The Labute approximate surface area is 255 Å². The highest BCUT2D eigenvalue weighted by Gasteiger charge is 2.29. The second-order valence-corrected chi connectivity index (χ2v) is 12.5. The van der Waals surface area contributed by atoms with E-state index in [4.69, 9.17) is 0 Å². The molecule has 0 spiro atoms. The highest BCUT2D eigenvalue weighted by Crippen LogP contribution is 2.39. The standard InChI is InChI=1S/C33H31N5O5S/c39-33-31(29-20-26(16-17-30(29)35-33)36-44(42,43)28-11-7-10-27(21-28)38(40)41)32(24-8-3-1-4-9-24)34-25-14-12-23(13-15-25)22-37-18-5-2-6-19-37/h1,3-4,7-17,20-21,34,36H,2,5-6,18-19,22H2,(H,35,39)/b32-31+. The monoisotopic (exact) mass is 609 g/mol. The number of nitro groups is 1. The fourth-order valence-electron chi connectivity index (χ4n) is 5.55. The summed E-state index contributed by atoms with van der Waals surface area (Å²) in [6, 6.07) is 27.2. The number of nitrogens with zero attached hydrogens (tertiary/aromatic N) is 2. The molecule has 2 aliphatic heterocycles. The summed E-state index contributed by atoms with van der Waals surface area (Å²) in [6.07, 6.45) is 3.75. The van der Waals surface area contributed by atoms with Crippen LogP contribution in [0, 0.1) is 10.1 Å². The van der Waals surface area contributed by atoms with Gasteiger partial charge < -0.3 is 10.6 Å². The van der Waals surface area contributed by atoms with E-state index in [9.17, 15) is 23.3 Å². The van der Waals surface area contributed by atoms with E-state index in [1.54, 1.807) is 12.1 Å². The topological polar surface area (TPSA) is 134 Å². The Morgan fingerprint density at radius 3 is 2.32 bits per heavy atom. The van der Waals surface area contributed by atoms with E-state index in [1.807, 2.05) is 42.5 Å². The minimum atomic E-state index is -4.15. The van der Waals surface area contributed by atoms with Crippen molar-refractivity contribution in [2.24, 2.45) is 0 Å². The number of hydrogen-bond donors (Lipinski definition) is 3. The van der Waals surface area contributed by atoms with Crippen molar-refractivity contribution >= 4 is 50.0 Å². The zero-order chi connectivity index (χ0) is 30.7. The number of hydrogen-bond acceptors (Lipinski definition) is 7. The molecule has 0 saturated carbocycles. The summed E-state index contributed by atoms with van der Waals surface area (Å²) >= 11 is 0. The Morgan fingerprint density at radius 2 is 1.59 bits per heavy atom. The summed E-state index contributed by atoms with van der Waals surface area (Å²) in [5, 5.41) is 17.5. The van der Waals surface area contributed by atoms with Gasteiger partial charge in [0.25, 0.3) is 21.6 Å². The largest absolute Gasteiger partial charge is 0.354 e. The number of likely N-dealkylation sites (tertiary alicyclic amines) is 1. The first-order valence-electron chi connectivity index (χ1n) is 14.4. The minimum Gasteiger partial charge on any atom is -0.354 e. The average Bonchev–Trinajstić information content (AvgIpc) is 3.36. The maximum absolute atomic E-state index is 13.4. The number of nitro benzene ring substituents is 1. The third kappa shape index (κ3) is 6.34. The number of anilines is 3. The van der Waals surface area contributed by atoms with E-state index < -0.39 is 14.9 Å². The number of carbonyl (C=O) groups excluding carboxylic acids is 1. The van der Waals surface area contributed by atoms with Crippen LogP contribution in [0.15, 0.2) is 102 Å². The van der Waals surface area contributed by atoms with Crippen LogP contribution < -0.4 is 15.4 Å². The maximum Gasteiger partial charge on any atom is 0.270 e. The van der Waals surface area contributed by atoms with Gasteiger partial charge in [-0.05, 0) is 73.5 Å². The Hall–Kier alpha value is -5.00. The molecule has 2 heterocycles. The maximum atomic E-state index is 13.4. The van der Waals surface area contributed by atoms with Crippen molar-refractivity contribution < 1.29 is 18.1 Å². The number of carbonyl (C=O) groups is 1. The summed E-state index contributed by atoms with van der Waals surface area (Å²) in [7, 11) is -4.15. The van der Waals surface area contributed by atoms with Crippen LogP contribution in [0.1, 0.15) is 36.0 Å². The summed E-state index contributed by atoms with van der Waals surface area (Å²) < 4.78 is 28.8. The number of nitrogens with one attached hydrogen (secondary N) is 3. The molecule has 224 valence electrons. The summed E-state index contributed by atoms with van der Waals surface area (Å²) in [4.78, 5) is 26.2. The van der Waals surface area contributed by atoms with Gasteiger partial charge in [0.15, 0.2) is 0 Å². The van der Waals surface area contributed by atoms with Crippen molar-refractivity contribution in [1.29, 1.82) is 0 Å². The van der Waals surface area contributed by atoms with Crippen molar-refractivity contribution in [3.63, 3.8) is 0 Å². The van der Waals surface area contributed by atoms with E-state index in [1.165, 1.54) is 49.1 Å². The molecule has 44 heavy (non-hydrogen) atoms. The van der Waals surface area contributed by atoms with Gasteiger partial charge in [0.2, 0.25) is 0 Å². The summed E-state index contributed by atoms with van der Waals surface area (Å²) in [5.74, 6) is -0.327. The molecule has 10 nitrogen and oxygen atoms in total. The predicted octanol–water partition coefficient (Wildman–Crippen LogP) is 6.31. The Balaban J connectivity index is 1.33. The van der Waals surface area contributed by atoms with Gasteiger partial charge in [-0.3, -0.25) is 24.5 Å². The van der Waals surface area contributed by atoms with E-state index >= 15 is 0 Å². The number of rotatable bonds is 9. The molecule has 11 heteroatoms. The number of piperidine rings is 1. The first kappa shape index (κ1) is 29.1. The lowest BCUT2D eigenvalue weighted by Crippen LogP contribution is -2.29. The molecule has 0 aliphatic carbocycles. The van der Waals surface area contributed by atoms with Gasteiger partial charge in [0.1, 0.15) is 0 Å². The molecule has 0 bridgehead atoms. The molecule has 0 radical (unpaired) electrons. The lowest BCUT2D eigenvalue weighted by molar-refractivity contribution is -0.385. The number of fused-ring (bicyclic) bond motifs is 1. The Kier molecular flexibility index (Phi) is 8.14. The third-order valence-corrected chi connectivity index (χ3v) is 9.12. The zero-order valence-electron chi connectivity index (χ0n) is 23.8. The van der Waals surface area contributed by atoms with Gasteiger partial charge >= 0.3 is 0 Å². The highest BCUT2D eigenvalue weighted by atomic mass is 32.2. The van der Waals surface area contributed by atoms with Crippen LogP contribution in [-0.2, 0) is 21.4 Å². The van der Waals surface area contributed by atoms with Gasteiger partial charge in [-0.25, -0.2) is 8.42 Å². The van der Waals surface area contributed by atoms with Crippen LogP contribution in [0.3, 0.4) is 0 Å². The lowest BCUT2D eigenvalue weighted by atomic mass is 9.99. The van der Waals surface area contributed by atoms with E-state index in [0.29, 0.717) is 22.5 Å². The number of non-ortho nitro benzene ring substituents is 1. The second kappa shape index (κ2) is 12.3. The molecule has 0 atom stereocenters. The predicted molar refractivity (Wildman–Crippen MR) is 171 cm³/mol. The van der Waals surface area contributed by atoms with Crippen molar-refractivity contribution in [3.05, 3.63) is 124 Å². The lowest BCUT2D eigenvalue weighted by Gasteiger charge is -2.26. The molecule has 4 aromatic rings. The highest BCUT2D eigenvalue weighted by molar-refractivity contribution is 7.92. The SMILES string of the molecule is O=C1Nc2ccc(NS(=O)(=O)c3cccc([N+](=O)[O-])c3)cc2/C1=C(\Nc1ccc(CN2CCCCC2)cc1)c1ccccc1. The molecule has 4 aromatic carbocycles. The van der Waals surface area contributed by atoms with Gasteiger partial charge in [0.05, 0.1) is 21.1 Å². The second-order valence-electron chi connectivity index (χ2n) is 10.8. The molecular weight excluding hydrogens is 578 g/mol. The van der Waals surface area contributed by atoms with Gasteiger partial charge in [0, 0.05) is 41.3 Å². The fraction of sp³-hybridized carbons (Fsp3) is 0.182. The molecular formula is C33H31N5O5S. The molecule has 0 aromatic heterocycles. The van der Waals surface area contributed by atoms with Crippen LogP contribution in [0.2, 0.25) is 0 Å². The molecule has 1 amide bonds. The molecule has 1 saturated heterocycles. The Bertz CT molecular complexity index is 1850. The molecule has 3 N–H and O–H groups in total. The molecule has 6 rings (SSSR count). The van der Waals surface area contributed by atoms with Crippen molar-refractivity contribution in [1.82, 2.24) is 4.90 Å². The molecule has 0 unspecified atom stereocenters. The third-order valence-electron chi connectivity index (χ3n) is 7.75. The quantitative estimate of drug-likeness (QED) is 0.115. The normalized spacial score (nSPS) is 16.1. The minimum absolute atomic E-state index is 0.207. The molecule has 1 fully saturated rings. The first-order chi connectivity index (χ1) is 21.3. The van der Waals surface area contributed by atoms with Crippen molar-refractivity contribution in [3.8, 4) is 0 Å². The van der Waals surface area contributed by atoms with Crippen molar-refractivity contribution in [2.75, 3.05) is 28.4 Å². The Morgan fingerprint density at radius 1 is 0.864 bits per heavy atom. The van der Waals surface area contributed by atoms with Crippen LogP contribution >= 0.6 is 0 Å². The zero-order valence-corrected chi connectivity index (χ0v) is 24.6. The van der Waals surface area contributed by atoms with E-state index in [2.05, 4.69) is 32.4 Å². The van der Waals surface area contributed by atoms with Crippen LogP contribution in [0.25, 0.3) is 11.3 Å². The van der Waals surface area contributed by atoms with Gasteiger partial charge in [-0.2, -0.15) is 0 Å². The van der Waals surface area contributed by atoms with Crippen LogP contribution in [0.5, 0.6) is 0 Å². The van der Waals surface area contributed by atoms with Gasteiger partial charge in [-0.1, -0.05) is 55.0 Å². The average molecular weight is 610 g/mol. The molecule has 2 aliphatic rings. The smallest absolute Gasteiger partial charge is 0.270 e. The summed E-state index contributed by atoms with van der Waals surface area (Å²) in [6.45, 7) is 3.13. The van der Waals surface area contributed by atoms with Crippen LogP contribution in [0.4, 0.5) is 22.7 Å². The van der Waals surface area contributed by atoms with E-state index in [-0.39, 0.29) is 22.2 Å². The van der Waals surface area contributed by atoms with E-state index in [0.717, 1.165) is 37.0 Å². The summed E-state index contributed by atoms with van der Waals surface area (Å²) in [5.41, 5.74) is 4.67. The van der Waals surface area contributed by atoms with Crippen molar-refractivity contribution in [2.45, 2.75) is 30.7 Å². The number of amides is 1. The number of sulfonamides is 1. The van der Waals surface area contributed by atoms with Crippen LogP contribution in [-0.4, -0.2) is 37.2 Å². The number of benzene rings is 4. The fourth-order valence-corrected chi connectivity index (χ4v) is 6.64.